The van der Waals surface area contributed by atoms with Crippen LogP contribution < -0.4 is 0 Å². The van der Waals surface area contributed by atoms with Crippen molar-refractivity contribution in [3.8, 4) is 0 Å². The first-order valence-corrected chi connectivity index (χ1v) is 5.78. The van der Waals surface area contributed by atoms with Crippen LogP contribution in [0, 0.1) is 13.8 Å². The van der Waals surface area contributed by atoms with Gasteiger partial charge in [0.2, 0.25) is 5.16 Å². The molecule has 2 aromatic rings. The molecule has 0 unspecified atom stereocenters. The van der Waals surface area contributed by atoms with Crippen LogP contribution in [0.2, 0.25) is 0 Å². The van der Waals surface area contributed by atoms with Crippen LogP contribution in [0.4, 0.5) is 0 Å². The first kappa shape index (κ1) is 11.2. The monoisotopic (exact) mass is 235 g/mol. The number of nitrogens with zero attached hydrogens (tertiary/aromatic N) is 2. The normalized spacial score (nSPS) is 10.7. The van der Waals surface area contributed by atoms with Crippen LogP contribution in [0.15, 0.2) is 28.3 Å². The van der Waals surface area contributed by atoms with E-state index in [2.05, 4.69) is 15.2 Å². The fourth-order valence-electron chi connectivity index (χ4n) is 1.40. The molecule has 0 spiro atoms. The lowest BCUT2D eigenvalue weighted by atomic mass is 10.1. The predicted molar refractivity (Wildman–Crippen MR) is 62.3 cm³/mol. The first-order valence-electron chi connectivity index (χ1n) is 4.96. The Kier molecular flexibility index (Phi) is 3.26. The zero-order valence-corrected chi connectivity index (χ0v) is 10.0. The van der Waals surface area contributed by atoms with Gasteiger partial charge in [-0.1, -0.05) is 17.7 Å². The van der Waals surface area contributed by atoms with Crippen molar-refractivity contribution in [1.82, 2.24) is 15.2 Å². The number of aryl methyl sites for hydroxylation is 2. The predicted octanol–water partition coefficient (Wildman–Crippen LogP) is 2.07. The van der Waals surface area contributed by atoms with Gasteiger partial charge in [-0.25, -0.2) is 4.98 Å². The highest BCUT2D eigenvalue weighted by Gasteiger charge is 2.07. The minimum absolute atomic E-state index is 0.0351. The van der Waals surface area contributed by atoms with Crippen molar-refractivity contribution < 1.29 is 5.11 Å². The molecule has 0 atom stereocenters. The largest absolute Gasteiger partial charge is 0.392 e. The molecule has 0 saturated heterocycles. The van der Waals surface area contributed by atoms with Crippen molar-refractivity contribution in [2.24, 2.45) is 0 Å². The van der Waals surface area contributed by atoms with Crippen molar-refractivity contribution in [2.75, 3.05) is 0 Å². The van der Waals surface area contributed by atoms with E-state index in [9.17, 15) is 5.11 Å². The summed E-state index contributed by atoms with van der Waals surface area (Å²) >= 11 is 1.45. The number of rotatable bonds is 3. The molecule has 0 saturated carbocycles. The van der Waals surface area contributed by atoms with E-state index in [-0.39, 0.29) is 6.61 Å². The Labute approximate surface area is 98.1 Å². The molecule has 16 heavy (non-hydrogen) atoms. The molecule has 0 fully saturated rings. The molecule has 0 aliphatic heterocycles. The minimum Gasteiger partial charge on any atom is -0.392 e. The molecule has 5 heteroatoms. The van der Waals surface area contributed by atoms with Gasteiger partial charge in [-0.3, -0.25) is 5.10 Å². The molecule has 84 valence electrons. The Morgan fingerprint density at radius 1 is 1.38 bits per heavy atom. The van der Waals surface area contributed by atoms with Crippen molar-refractivity contribution >= 4 is 11.8 Å². The molecule has 0 aliphatic rings. The van der Waals surface area contributed by atoms with Crippen LogP contribution in [-0.2, 0) is 6.61 Å². The molecular formula is C11H13N3OS. The van der Waals surface area contributed by atoms with Gasteiger partial charge < -0.3 is 5.11 Å². The van der Waals surface area contributed by atoms with E-state index in [0.29, 0.717) is 5.16 Å². The number of benzene rings is 1. The summed E-state index contributed by atoms with van der Waals surface area (Å²) in [7, 11) is 0. The third kappa shape index (κ3) is 2.43. The van der Waals surface area contributed by atoms with Crippen molar-refractivity contribution in [3.05, 3.63) is 35.2 Å². The van der Waals surface area contributed by atoms with Crippen LogP contribution in [-0.4, -0.2) is 20.3 Å². The van der Waals surface area contributed by atoms with Crippen LogP contribution in [0.25, 0.3) is 0 Å². The maximum atomic E-state index is 9.26. The lowest BCUT2D eigenvalue weighted by molar-refractivity contribution is 0.279. The van der Waals surface area contributed by atoms with Gasteiger partial charge in [0.25, 0.3) is 0 Å². The molecule has 0 radical (unpaired) electrons. The number of aromatic amines is 1. The number of aliphatic hydroxyl groups excluding tert-OH is 1. The molecule has 1 aromatic carbocycles. The highest BCUT2D eigenvalue weighted by Crippen LogP contribution is 2.28. The highest BCUT2D eigenvalue weighted by molar-refractivity contribution is 7.99. The number of hydrogen-bond donors (Lipinski definition) is 2. The topological polar surface area (TPSA) is 61.8 Å². The van der Waals surface area contributed by atoms with Crippen LogP contribution >= 0.6 is 11.8 Å². The fraction of sp³-hybridized carbons (Fsp3) is 0.273. The molecule has 2 rings (SSSR count). The quantitative estimate of drug-likeness (QED) is 0.855. The zero-order chi connectivity index (χ0) is 11.5. The summed E-state index contributed by atoms with van der Waals surface area (Å²) in [6, 6.07) is 5.97. The van der Waals surface area contributed by atoms with Gasteiger partial charge in [-0.2, -0.15) is 0 Å². The number of H-pyrrole nitrogens is 1. The number of aliphatic hydroxyl groups is 1. The third-order valence-corrected chi connectivity index (χ3v) is 3.15. The van der Waals surface area contributed by atoms with Crippen molar-refractivity contribution in [1.29, 1.82) is 0 Å². The summed E-state index contributed by atoms with van der Waals surface area (Å²) in [5, 5.41) is 16.8. The number of hydrogen-bond acceptors (Lipinski definition) is 4. The van der Waals surface area contributed by atoms with E-state index in [1.807, 2.05) is 32.0 Å². The van der Waals surface area contributed by atoms with Crippen molar-refractivity contribution in [3.63, 3.8) is 0 Å². The summed E-state index contributed by atoms with van der Waals surface area (Å²) < 4.78 is 0. The molecule has 2 N–H and O–H groups in total. The summed E-state index contributed by atoms with van der Waals surface area (Å²) in [5.41, 5.74) is 2.05. The van der Waals surface area contributed by atoms with Gasteiger partial charge in [0.15, 0.2) is 0 Å². The highest BCUT2D eigenvalue weighted by atomic mass is 32.2. The summed E-state index contributed by atoms with van der Waals surface area (Å²) in [4.78, 5) is 5.21. The van der Waals surface area contributed by atoms with Gasteiger partial charge in [-0.05, 0) is 37.2 Å². The smallest absolute Gasteiger partial charge is 0.213 e. The molecule has 1 aromatic heterocycles. The Balaban J connectivity index is 2.27. The van der Waals surface area contributed by atoms with E-state index >= 15 is 0 Å². The fourth-order valence-corrected chi connectivity index (χ4v) is 2.26. The maximum absolute atomic E-state index is 9.26. The lowest BCUT2D eigenvalue weighted by Gasteiger charge is -2.05. The summed E-state index contributed by atoms with van der Waals surface area (Å²) in [6.45, 7) is 3.90. The van der Waals surface area contributed by atoms with E-state index < -0.39 is 0 Å². The van der Waals surface area contributed by atoms with Gasteiger partial charge in [0, 0.05) is 4.90 Å². The third-order valence-electron chi connectivity index (χ3n) is 2.16. The molecule has 0 bridgehead atoms. The zero-order valence-electron chi connectivity index (χ0n) is 9.19. The summed E-state index contributed by atoms with van der Waals surface area (Å²) in [6.07, 6.45) is 0. The van der Waals surface area contributed by atoms with Crippen LogP contribution in [0.3, 0.4) is 0 Å². The van der Waals surface area contributed by atoms with Gasteiger partial charge >= 0.3 is 0 Å². The standard InChI is InChI=1S/C11H13N3OS/c1-7-3-4-10(9(5-7)6-15)16-11-12-8(2)13-14-11/h3-5,15H,6H2,1-2H3,(H,12,13,14). The number of nitrogens with one attached hydrogen (secondary N) is 1. The summed E-state index contributed by atoms with van der Waals surface area (Å²) in [5.74, 6) is 0.792. The van der Waals surface area contributed by atoms with E-state index in [1.165, 1.54) is 11.8 Å². The second kappa shape index (κ2) is 4.67. The average Bonchev–Trinajstić information content (AvgIpc) is 2.67. The van der Waals surface area contributed by atoms with Gasteiger partial charge in [-0.15, -0.1) is 5.10 Å². The van der Waals surface area contributed by atoms with E-state index in [0.717, 1.165) is 21.8 Å². The Morgan fingerprint density at radius 3 is 2.81 bits per heavy atom. The van der Waals surface area contributed by atoms with E-state index in [1.54, 1.807) is 0 Å². The molecule has 4 nitrogen and oxygen atoms in total. The second-order valence-electron chi connectivity index (χ2n) is 3.57. The Morgan fingerprint density at radius 2 is 2.19 bits per heavy atom. The van der Waals surface area contributed by atoms with Gasteiger partial charge in [0.1, 0.15) is 5.82 Å². The molecular weight excluding hydrogens is 222 g/mol. The first-order chi connectivity index (χ1) is 7.69. The molecule has 0 aliphatic carbocycles. The Bertz CT molecular complexity index is 496. The number of aromatic nitrogens is 3. The van der Waals surface area contributed by atoms with Crippen molar-refractivity contribution in [2.45, 2.75) is 30.5 Å². The minimum atomic E-state index is 0.0351. The Hall–Kier alpha value is -1.33. The second-order valence-corrected chi connectivity index (χ2v) is 4.58. The SMILES string of the molecule is Cc1ccc(Sc2n[nH]c(C)n2)c(CO)c1. The molecule has 0 amide bonds. The average molecular weight is 235 g/mol. The van der Waals surface area contributed by atoms with Crippen LogP contribution in [0.5, 0.6) is 0 Å². The lowest BCUT2D eigenvalue weighted by Crippen LogP contribution is -1.89. The van der Waals surface area contributed by atoms with Gasteiger partial charge in [0.05, 0.1) is 6.61 Å². The maximum Gasteiger partial charge on any atom is 0.213 e. The van der Waals surface area contributed by atoms with Crippen LogP contribution in [0.1, 0.15) is 17.0 Å². The molecule has 1 heterocycles. The van der Waals surface area contributed by atoms with E-state index in [4.69, 9.17) is 0 Å².